The van der Waals surface area contributed by atoms with Gasteiger partial charge in [-0.15, -0.1) is 0 Å². The predicted octanol–water partition coefficient (Wildman–Crippen LogP) is 2.67. The summed E-state index contributed by atoms with van der Waals surface area (Å²) in [6.07, 6.45) is 4.98. The van der Waals surface area contributed by atoms with Crippen LogP contribution in [0.3, 0.4) is 0 Å². The van der Waals surface area contributed by atoms with E-state index in [-0.39, 0.29) is 31.0 Å². The van der Waals surface area contributed by atoms with E-state index < -0.39 is 28.5 Å². The second-order valence-electron chi connectivity index (χ2n) is 9.35. The number of fused-ring (bicyclic) bond motifs is 1. The number of anilines is 1. The van der Waals surface area contributed by atoms with Gasteiger partial charge >= 0.3 is 0 Å². The molecule has 1 aliphatic carbocycles. The molecular weight excluding hydrogens is 498 g/mol. The standard InChI is InChI=1S/C26H33N3O7S/c1-18(26(31)27-20-8-4-5-9-20)28(15-19-7-6-10-22(13-19)34-2)25(30)16-29(37(3,32)33)21-11-12-23-24(14-21)36-17-35-23/h6-7,10-14,18,20H,4-5,8-9,15-17H2,1-3H3,(H,27,31)/t18-/m0/s1. The second-order valence-corrected chi connectivity index (χ2v) is 11.3. The quantitative estimate of drug-likeness (QED) is 0.501. The van der Waals surface area contributed by atoms with Gasteiger partial charge in [-0.1, -0.05) is 25.0 Å². The van der Waals surface area contributed by atoms with Gasteiger partial charge in [0.25, 0.3) is 0 Å². The summed E-state index contributed by atoms with van der Waals surface area (Å²) in [5.74, 6) is 0.736. The molecule has 2 amide bonds. The molecule has 1 heterocycles. The van der Waals surface area contributed by atoms with Crippen molar-refractivity contribution < 1.29 is 32.2 Å². The number of carbonyl (C=O) groups is 2. The zero-order valence-electron chi connectivity index (χ0n) is 21.3. The fraction of sp³-hybridized carbons (Fsp3) is 0.462. The largest absolute Gasteiger partial charge is 0.497 e. The molecule has 1 aliphatic heterocycles. The molecule has 0 radical (unpaired) electrons. The molecule has 0 spiro atoms. The summed E-state index contributed by atoms with van der Waals surface area (Å²) in [7, 11) is -2.29. The Morgan fingerprint density at radius 3 is 2.54 bits per heavy atom. The zero-order valence-corrected chi connectivity index (χ0v) is 22.1. The monoisotopic (exact) mass is 531 g/mol. The smallest absolute Gasteiger partial charge is 0.244 e. The van der Waals surface area contributed by atoms with Gasteiger partial charge in [-0.25, -0.2) is 8.42 Å². The van der Waals surface area contributed by atoms with Gasteiger partial charge in [0.1, 0.15) is 18.3 Å². The fourth-order valence-electron chi connectivity index (χ4n) is 4.60. The lowest BCUT2D eigenvalue weighted by atomic mass is 10.1. The Morgan fingerprint density at radius 2 is 1.84 bits per heavy atom. The van der Waals surface area contributed by atoms with Crippen LogP contribution < -0.4 is 23.8 Å². The van der Waals surface area contributed by atoms with E-state index in [2.05, 4.69) is 5.32 Å². The molecule has 200 valence electrons. The summed E-state index contributed by atoms with van der Waals surface area (Å²) in [5.41, 5.74) is 1.02. The molecule has 37 heavy (non-hydrogen) atoms. The lowest BCUT2D eigenvalue weighted by Gasteiger charge is -2.32. The van der Waals surface area contributed by atoms with Crippen molar-refractivity contribution in [1.82, 2.24) is 10.2 Å². The molecule has 1 N–H and O–H groups in total. The minimum absolute atomic E-state index is 0.0402. The molecule has 1 saturated carbocycles. The minimum atomic E-state index is -3.84. The summed E-state index contributed by atoms with van der Waals surface area (Å²) in [4.78, 5) is 28.3. The molecule has 4 rings (SSSR count). The number of hydrogen-bond acceptors (Lipinski definition) is 7. The molecule has 0 aromatic heterocycles. The predicted molar refractivity (Wildman–Crippen MR) is 138 cm³/mol. The summed E-state index contributed by atoms with van der Waals surface area (Å²) in [6.45, 7) is 1.32. The van der Waals surface area contributed by atoms with Crippen molar-refractivity contribution in [3.63, 3.8) is 0 Å². The first-order valence-corrected chi connectivity index (χ1v) is 14.1. The third kappa shape index (κ3) is 6.46. The number of nitrogens with zero attached hydrogens (tertiary/aromatic N) is 2. The highest BCUT2D eigenvalue weighted by molar-refractivity contribution is 7.92. The van der Waals surface area contributed by atoms with Gasteiger partial charge < -0.3 is 24.4 Å². The topological polar surface area (TPSA) is 114 Å². The van der Waals surface area contributed by atoms with Gasteiger partial charge in [0.2, 0.25) is 28.6 Å². The number of hydrogen-bond donors (Lipinski definition) is 1. The number of ether oxygens (including phenoxy) is 3. The lowest BCUT2D eigenvalue weighted by Crippen LogP contribution is -2.52. The highest BCUT2D eigenvalue weighted by atomic mass is 32.2. The number of sulfonamides is 1. The molecule has 1 atom stereocenters. The number of amides is 2. The molecule has 2 aromatic carbocycles. The third-order valence-corrected chi connectivity index (χ3v) is 7.82. The van der Waals surface area contributed by atoms with Crippen molar-refractivity contribution in [3.8, 4) is 17.2 Å². The van der Waals surface area contributed by atoms with Crippen molar-refractivity contribution in [2.24, 2.45) is 0 Å². The van der Waals surface area contributed by atoms with Gasteiger partial charge in [0.15, 0.2) is 11.5 Å². The Balaban J connectivity index is 1.60. The van der Waals surface area contributed by atoms with E-state index in [0.717, 1.165) is 41.8 Å². The van der Waals surface area contributed by atoms with Gasteiger partial charge in [-0.2, -0.15) is 0 Å². The van der Waals surface area contributed by atoms with Crippen LogP contribution in [0.25, 0.3) is 0 Å². The van der Waals surface area contributed by atoms with Crippen LogP contribution >= 0.6 is 0 Å². The van der Waals surface area contributed by atoms with Crippen molar-refractivity contribution in [2.75, 3.05) is 31.0 Å². The van der Waals surface area contributed by atoms with Crippen molar-refractivity contribution in [2.45, 2.75) is 51.2 Å². The molecule has 2 aliphatic rings. The number of benzene rings is 2. The molecule has 2 aromatic rings. The van der Waals surface area contributed by atoms with Crippen LogP contribution in [-0.2, 0) is 26.2 Å². The molecule has 1 fully saturated rings. The van der Waals surface area contributed by atoms with Crippen LogP contribution in [0.1, 0.15) is 38.2 Å². The van der Waals surface area contributed by atoms with Crippen LogP contribution in [0.4, 0.5) is 5.69 Å². The lowest BCUT2D eigenvalue weighted by molar-refractivity contribution is -0.139. The maximum Gasteiger partial charge on any atom is 0.244 e. The summed E-state index contributed by atoms with van der Waals surface area (Å²) in [5, 5.41) is 3.05. The van der Waals surface area contributed by atoms with E-state index in [0.29, 0.717) is 17.2 Å². The molecule has 0 saturated heterocycles. The average molecular weight is 532 g/mol. The fourth-order valence-corrected chi connectivity index (χ4v) is 5.44. The maximum absolute atomic E-state index is 13.7. The molecule has 0 unspecified atom stereocenters. The van der Waals surface area contributed by atoms with E-state index in [1.807, 2.05) is 6.07 Å². The zero-order chi connectivity index (χ0) is 26.6. The summed E-state index contributed by atoms with van der Waals surface area (Å²) >= 11 is 0. The Morgan fingerprint density at radius 1 is 1.11 bits per heavy atom. The normalized spacial score (nSPS) is 15.8. The Labute approximate surface area is 217 Å². The second kappa shape index (κ2) is 11.3. The van der Waals surface area contributed by atoms with Crippen LogP contribution in [0.2, 0.25) is 0 Å². The van der Waals surface area contributed by atoms with E-state index in [1.165, 1.54) is 11.0 Å². The highest BCUT2D eigenvalue weighted by Crippen LogP contribution is 2.36. The van der Waals surface area contributed by atoms with Crippen LogP contribution in [-0.4, -0.2) is 63.9 Å². The average Bonchev–Trinajstić information content (AvgIpc) is 3.56. The van der Waals surface area contributed by atoms with E-state index >= 15 is 0 Å². The van der Waals surface area contributed by atoms with E-state index in [1.54, 1.807) is 44.4 Å². The van der Waals surface area contributed by atoms with Crippen molar-refractivity contribution in [1.29, 1.82) is 0 Å². The van der Waals surface area contributed by atoms with Gasteiger partial charge in [-0.05, 0) is 49.6 Å². The van der Waals surface area contributed by atoms with Crippen molar-refractivity contribution >= 4 is 27.5 Å². The van der Waals surface area contributed by atoms with E-state index in [9.17, 15) is 18.0 Å². The van der Waals surface area contributed by atoms with E-state index in [4.69, 9.17) is 14.2 Å². The van der Waals surface area contributed by atoms with Gasteiger partial charge in [-0.3, -0.25) is 13.9 Å². The summed E-state index contributed by atoms with van der Waals surface area (Å²) in [6, 6.07) is 11.2. The van der Waals surface area contributed by atoms with Crippen molar-refractivity contribution in [3.05, 3.63) is 48.0 Å². The Kier molecular flexibility index (Phi) is 8.11. The minimum Gasteiger partial charge on any atom is -0.497 e. The molecule has 10 nitrogen and oxygen atoms in total. The molecule has 0 bridgehead atoms. The van der Waals surface area contributed by atoms with Crippen LogP contribution in [0.5, 0.6) is 17.2 Å². The van der Waals surface area contributed by atoms with Crippen LogP contribution in [0, 0.1) is 0 Å². The number of nitrogens with one attached hydrogen (secondary N) is 1. The SMILES string of the molecule is COc1cccc(CN(C(=O)CN(c2ccc3c(c2)OCO3)S(C)(=O)=O)[C@@H](C)C(=O)NC2CCCC2)c1. The molecule has 11 heteroatoms. The number of carbonyl (C=O) groups excluding carboxylic acids is 2. The first-order valence-electron chi connectivity index (χ1n) is 12.3. The maximum atomic E-state index is 13.7. The highest BCUT2D eigenvalue weighted by Gasteiger charge is 2.32. The summed E-state index contributed by atoms with van der Waals surface area (Å²) < 4.78 is 42.5. The first-order chi connectivity index (χ1) is 17.7. The number of methoxy groups -OCH3 is 1. The Bertz CT molecular complexity index is 1240. The third-order valence-electron chi connectivity index (χ3n) is 6.68. The number of rotatable bonds is 10. The molecular formula is C26H33N3O7S. The van der Waals surface area contributed by atoms with Gasteiger partial charge in [0, 0.05) is 18.7 Å². The van der Waals surface area contributed by atoms with Crippen LogP contribution in [0.15, 0.2) is 42.5 Å². The Hall–Kier alpha value is -3.47. The van der Waals surface area contributed by atoms with Gasteiger partial charge in [0.05, 0.1) is 19.1 Å². The first kappa shape index (κ1) is 26.6.